The molecule has 2 fully saturated rings. The van der Waals surface area contributed by atoms with Crippen LogP contribution in [0.15, 0.2) is 53.5 Å². The number of aromatic nitrogens is 4. The number of hydrogen-bond donors (Lipinski definition) is 2. The number of nitrogens with one attached hydrogen (secondary N) is 1. The minimum absolute atomic E-state index is 0.0360. The van der Waals surface area contributed by atoms with Crippen LogP contribution in [0.4, 0.5) is 20.2 Å². The molecule has 9 nitrogen and oxygen atoms in total. The highest BCUT2D eigenvalue weighted by Gasteiger charge is 2.54. The molecule has 1 atom stereocenters. The Labute approximate surface area is 204 Å². The van der Waals surface area contributed by atoms with E-state index in [1.54, 1.807) is 16.9 Å². The fraction of sp³-hybridized carbons (Fsp3) is 0.280. The van der Waals surface area contributed by atoms with Gasteiger partial charge in [-0.2, -0.15) is 14.9 Å². The first-order valence-electron chi connectivity index (χ1n) is 11.6. The number of aryl methyl sites for hydroxylation is 1. The summed E-state index contributed by atoms with van der Waals surface area (Å²) in [7, 11) is 1.84. The number of hydrogen-bond acceptors (Lipinski definition) is 6. The quantitative estimate of drug-likeness (QED) is 0.454. The van der Waals surface area contributed by atoms with Crippen molar-refractivity contribution in [2.45, 2.75) is 18.9 Å². The van der Waals surface area contributed by atoms with Gasteiger partial charge in [-0.25, -0.2) is 8.78 Å². The van der Waals surface area contributed by atoms with Crippen molar-refractivity contribution >= 4 is 28.2 Å². The van der Waals surface area contributed by atoms with E-state index in [0.717, 1.165) is 54.2 Å². The van der Waals surface area contributed by atoms with Crippen molar-refractivity contribution in [3.05, 3.63) is 76.3 Å². The summed E-state index contributed by atoms with van der Waals surface area (Å²) in [5.74, 6) is -2.56. The van der Waals surface area contributed by atoms with Gasteiger partial charge in [-0.3, -0.25) is 14.3 Å². The average molecular weight is 492 g/mol. The summed E-state index contributed by atoms with van der Waals surface area (Å²) < 4.78 is 30.9. The predicted molar refractivity (Wildman–Crippen MR) is 130 cm³/mol. The van der Waals surface area contributed by atoms with E-state index < -0.39 is 28.8 Å². The van der Waals surface area contributed by atoms with Crippen LogP contribution in [0.5, 0.6) is 0 Å². The number of anilines is 2. The van der Waals surface area contributed by atoms with E-state index in [9.17, 15) is 18.4 Å². The van der Waals surface area contributed by atoms with Gasteiger partial charge in [-0.15, -0.1) is 0 Å². The van der Waals surface area contributed by atoms with Crippen LogP contribution in [0.2, 0.25) is 0 Å². The third-order valence-electron chi connectivity index (χ3n) is 7.25. The summed E-state index contributed by atoms with van der Waals surface area (Å²) in [6, 6.07) is 9.16. The molecule has 1 amide bonds. The van der Waals surface area contributed by atoms with E-state index in [1.165, 1.54) is 12.1 Å². The first kappa shape index (κ1) is 22.4. The first-order chi connectivity index (χ1) is 17.3. The number of carbonyl (C=O) groups is 1. The zero-order chi connectivity index (χ0) is 25.2. The number of carbonyl (C=O) groups excluding carboxylic acids is 1. The number of rotatable bonds is 4. The molecule has 0 unspecified atom stereocenters. The average Bonchev–Trinajstić information content (AvgIpc) is 3.43. The molecule has 11 heteroatoms. The minimum atomic E-state index is -0.967. The van der Waals surface area contributed by atoms with E-state index in [-0.39, 0.29) is 17.2 Å². The number of nitrogens with two attached hydrogens (primary N) is 1. The Balaban J connectivity index is 1.39. The predicted octanol–water partition coefficient (Wildman–Crippen LogP) is 2.58. The van der Waals surface area contributed by atoms with Crippen molar-refractivity contribution < 1.29 is 13.6 Å². The van der Waals surface area contributed by atoms with Crippen molar-refractivity contribution in [1.29, 1.82) is 0 Å². The molecule has 0 bridgehead atoms. The molecule has 0 radical (unpaired) electrons. The van der Waals surface area contributed by atoms with E-state index in [1.807, 2.05) is 13.1 Å². The molecule has 2 aromatic heterocycles. The van der Waals surface area contributed by atoms with Gasteiger partial charge in [-0.05, 0) is 43.2 Å². The van der Waals surface area contributed by atoms with Crippen LogP contribution in [0.3, 0.4) is 0 Å². The maximum Gasteiger partial charge on any atom is 0.276 e. The Kier molecular flexibility index (Phi) is 4.94. The highest BCUT2D eigenvalue weighted by molar-refractivity contribution is 6.09. The van der Waals surface area contributed by atoms with Crippen LogP contribution in [-0.2, 0) is 7.05 Å². The van der Waals surface area contributed by atoms with Crippen LogP contribution in [0.1, 0.15) is 23.3 Å². The van der Waals surface area contributed by atoms with Gasteiger partial charge >= 0.3 is 0 Å². The van der Waals surface area contributed by atoms with Gasteiger partial charge in [0.1, 0.15) is 11.4 Å². The second-order valence-electron chi connectivity index (χ2n) is 9.51. The lowest BCUT2D eigenvalue weighted by molar-refractivity contribution is 0.102. The molecule has 1 aliphatic carbocycles. The fourth-order valence-electron chi connectivity index (χ4n) is 5.08. The first-order valence-corrected chi connectivity index (χ1v) is 11.6. The highest BCUT2D eigenvalue weighted by atomic mass is 19.1. The molecule has 2 aliphatic rings. The van der Waals surface area contributed by atoms with Crippen LogP contribution >= 0.6 is 0 Å². The van der Waals surface area contributed by atoms with Gasteiger partial charge in [0.2, 0.25) is 0 Å². The molecule has 1 saturated heterocycles. The van der Waals surface area contributed by atoms with Gasteiger partial charge in [0.15, 0.2) is 11.6 Å². The summed E-state index contributed by atoms with van der Waals surface area (Å²) in [4.78, 5) is 27.8. The van der Waals surface area contributed by atoms with Gasteiger partial charge in [0, 0.05) is 43.0 Å². The van der Waals surface area contributed by atoms with Gasteiger partial charge in [-0.1, -0.05) is 6.07 Å². The number of halogens is 2. The molecular formula is C25H23F2N7O2. The summed E-state index contributed by atoms with van der Waals surface area (Å²) in [6.07, 6.45) is 3.91. The van der Waals surface area contributed by atoms with E-state index >= 15 is 0 Å². The molecule has 1 aliphatic heterocycles. The molecule has 2 aromatic carbocycles. The summed E-state index contributed by atoms with van der Waals surface area (Å²) in [5, 5.41) is 12.1. The number of para-hydroxylation sites is 1. The lowest BCUT2D eigenvalue weighted by Gasteiger charge is -2.23. The number of nitrogens with zero attached hydrogens (tertiary/aromatic N) is 5. The molecule has 1 spiro atoms. The van der Waals surface area contributed by atoms with E-state index in [4.69, 9.17) is 5.73 Å². The van der Waals surface area contributed by atoms with Crippen LogP contribution < -0.4 is 21.5 Å². The molecule has 36 heavy (non-hydrogen) atoms. The molecule has 184 valence electrons. The Morgan fingerprint density at radius 2 is 1.86 bits per heavy atom. The summed E-state index contributed by atoms with van der Waals surface area (Å²) in [6.45, 7) is 1.42. The summed E-state index contributed by atoms with van der Waals surface area (Å²) >= 11 is 0. The topological polar surface area (TPSA) is 111 Å². The number of benzene rings is 2. The van der Waals surface area contributed by atoms with Crippen molar-refractivity contribution in [2.24, 2.45) is 18.2 Å². The molecule has 4 aromatic rings. The second kappa shape index (κ2) is 7.95. The monoisotopic (exact) mass is 491 g/mol. The summed E-state index contributed by atoms with van der Waals surface area (Å²) in [5.41, 5.74) is 7.20. The molecule has 6 rings (SSSR count). The minimum Gasteiger partial charge on any atom is -0.367 e. The standard InChI is InChI=1S/C25H23F2N7O2/c1-32-19-7-5-17(22(14(19)11-29-32)33-12-20(28)25(13-33)9-10-25)30-24(36)18-6-8-21(35)34(31-18)23-15(26)3-2-4-16(23)27/h2-8,11,20H,9-10,12-13,28H2,1H3,(H,30,36)/t20-/m0/s1. The normalized spacial score (nSPS) is 18.2. The second-order valence-corrected chi connectivity index (χ2v) is 9.51. The fourth-order valence-corrected chi connectivity index (χ4v) is 5.08. The van der Waals surface area contributed by atoms with E-state index in [2.05, 4.69) is 20.4 Å². The van der Waals surface area contributed by atoms with Crippen LogP contribution in [0, 0.1) is 17.0 Å². The Morgan fingerprint density at radius 1 is 1.11 bits per heavy atom. The van der Waals surface area contributed by atoms with Gasteiger partial charge < -0.3 is 16.0 Å². The maximum absolute atomic E-state index is 14.3. The Bertz CT molecular complexity index is 1570. The molecule has 3 N–H and O–H groups in total. The molecule has 3 heterocycles. The van der Waals surface area contributed by atoms with Crippen molar-refractivity contribution in [1.82, 2.24) is 19.6 Å². The van der Waals surface area contributed by atoms with Crippen molar-refractivity contribution in [3.8, 4) is 5.69 Å². The zero-order valence-corrected chi connectivity index (χ0v) is 19.4. The smallest absolute Gasteiger partial charge is 0.276 e. The van der Waals surface area contributed by atoms with Gasteiger partial charge in [0.05, 0.1) is 23.1 Å². The number of fused-ring (bicyclic) bond motifs is 1. The lowest BCUT2D eigenvalue weighted by atomic mass is 10.0. The third kappa shape index (κ3) is 3.46. The van der Waals surface area contributed by atoms with Crippen LogP contribution in [-0.4, -0.2) is 44.6 Å². The zero-order valence-electron chi connectivity index (χ0n) is 19.4. The largest absolute Gasteiger partial charge is 0.367 e. The van der Waals surface area contributed by atoms with Crippen LogP contribution in [0.25, 0.3) is 16.6 Å². The third-order valence-corrected chi connectivity index (χ3v) is 7.25. The lowest BCUT2D eigenvalue weighted by Crippen LogP contribution is -2.30. The molecular weight excluding hydrogens is 468 g/mol. The van der Waals surface area contributed by atoms with Crippen molar-refractivity contribution in [3.63, 3.8) is 0 Å². The maximum atomic E-state index is 14.3. The van der Waals surface area contributed by atoms with E-state index in [0.29, 0.717) is 16.9 Å². The number of amides is 1. The van der Waals surface area contributed by atoms with Crippen molar-refractivity contribution in [2.75, 3.05) is 23.3 Å². The Hall–Kier alpha value is -4.12. The SMILES string of the molecule is Cn1ncc2c(N3C[C@H](N)C4(CC4)C3)c(NC(=O)c3ccc(=O)n(-c4c(F)cccc4F)n3)ccc21. The Morgan fingerprint density at radius 3 is 2.56 bits per heavy atom. The molecule has 1 saturated carbocycles. The van der Waals surface area contributed by atoms with Gasteiger partial charge in [0.25, 0.3) is 11.5 Å². The highest BCUT2D eigenvalue weighted by Crippen LogP contribution is 2.54.